The number of carbonyl (C=O) groups excluding carboxylic acids is 1. The van der Waals surface area contributed by atoms with Gasteiger partial charge < -0.3 is 14.5 Å². The zero-order chi connectivity index (χ0) is 19.5. The molecule has 28 heavy (non-hydrogen) atoms. The summed E-state index contributed by atoms with van der Waals surface area (Å²) in [5.74, 6) is 1.00. The van der Waals surface area contributed by atoms with E-state index < -0.39 is 0 Å². The number of hydrogen-bond acceptors (Lipinski definition) is 5. The van der Waals surface area contributed by atoms with Gasteiger partial charge in [0, 0.05) is 32.2 Å². The first-order valence-electron chi connectivity index (χ1n) is 9.91. The van der Waals surface area contributed by atoms with E-state index in [1.54, 1.807) is 7.11 Å². The molecule has 0 aliphatic carbocycles. The van der Waals surface area contributed by atoms with Crippen LogP contribution in [0.3, 0.4) is 0 Å². The topological polar surface area (TPSA) is 56.8 Å². The second-order valence-corrected chi connectivity index (χ2v) is 7.52. The Bertz CT molecular complexity index is 813. The van der Waals surface area contributed by atoms with Crippen molar-refractivity contribution < 1.29 is 9.53 Å². The van der Waals surface area contributed by atoms with Gasteiger partial charge in [-0.25, -0.2) is 5.43 Å². The number of hydrogen-bond donors (Lipinski definition) is 2. The summed E-state index contributed by atoms with van der Waals surface area (Å²) in [6.45, 7) is 5.11. The van der Waals surface area contributed by atoms with Crippen LogP contribution in [-0.4, -0.2) is 50.1 Å². The molecule has 6 heteroatoms. The number of ether oxygens (including phenoxy) is 1. The maximum Gasteiger partial charge on any atom is 0.229 e. The van der Waals surface area contributed by atoms with E-state index in [1.807, 2.05) is 41.3 Å². The molecule has 2 heterocycles. The number of rotatable bonds is 4. The molecule has 2 aliphatic rings. The fourth-order valence-electron chi connectivity index (χ4n) is 4.31. The van der Waals surface area contributed by atoms with Gasteiger partial charge in [-0.3, -0.25) is 10.2 Å². The third-order valence-corrected chi connectivity index (χ3v) is 5.79. The van der Waals surface area contributed by atoms with Gasteiger partial charge in [-0.1, -0.05) is 42.5 Å². The van der Waals surface area contributed by atoms with Crippen molar-refractivity contribution in [3.63, 3.8) is 0 Å². The molecule has 0 radical (unpaired) electrons. The average Bonchev–Trinajstić information content (AvgIpc) is 3.24. The van der Waals surface area contributed by atoms with E-state index in [9.17, 15) is 4.79 Å². The fraction of sp³-hybridized carbons (Fsp3) is 0.409. The van der Waals surface area contributed by atoms with Crippen molar-refractivity contribution in [2.75, 3.05) is 38.2 Å². The van der Waals surface area contributed by atoms with Crippen molar-refractivity contribution in [3.8, 4) is 5.75 Å². The van der Waals surface area contributed by atoms with Crippen molar-refractivity contribution in [1.29, 1.82) is 0 Å². The lowest BCUT2D eigenvalue weighted by Crippen LogP contribution is -2.56. The van der Waals surface area contributed by atoms with Crippen molar-refractivity contribution in [2.24, 2.45) is 5.92 Å². The van der Waals surface area contributed by atoms with Gasteiger partial charge in [0.2, 0.25) is 5.91 Å². The van der Waals surface area contributed by atoms with Gasteiger partial charge in [-0.05, 0) is 24.6 Å². The van der Waals surface area contributed by atoms with E-state index in [-0.39, 0.29) is 23.9 Å². The minimum atomic E-state index is -0.0948. The number of amides is 1. The molecule has 0 aromatic heterocycles. The Morgan fingerprint density at radius 3 is 2.57 bits per heavy atom. The number of nitrogens with zero attached hydrogens (tertiary/aromatic N) is 2. The van der Waals surface area contributed by atoms with Crippen LogP contribution >= 0.6 is 0 Å². The smallest absolute Gasteiger partial charge is 0.229 e. The summed E-state index contributed by atoms with van der Waals surface area (Å²) in [5.41, 5.74) is 8.70. The highest BCUT2D eigenvalue weighted by atomic mass is 16.5. The number of methoxy groups -OCH3 is 1. The van der Waals surface area contributed by atoms with Crippen LogP contribution in [0, 0.1) is 5.92 Å². The Balaban J connectivity index is 1.46. The van der Waals surface area contributed by atoms with Crippen LogP contribution in [0.15, 0.2) is 54.6 Å². The Labute approximate surface area is 166 Å². The molecule has 148 valence electrons. The van der Waals surface area contributed by atoms with Gasteiger partial charge in [0.05, 0.1) is 24.8 Å². The van der Waals surface area contributed by atoms with E-state index in [0.717, 1.165) is 36.6 Å². The van der Waals surface area contributed by atoms with Crippen LogP contribution < -0.4 is 20.5 Å². The quantitative estimate of drug-likeness (QED) is 0.852. The van der Waals surface area contributed by atoms with E-state index in [0.29, 0.717) is 6.54 Å². The third kappa shape index (κ3) is 3.57. The summed E-state index contributed by atoms with van der Waals surface area (Å²) < 4.78 is 5.51. The highest BCUT2D eigenvalue weighted by molar-refractivity contribution is 5.81. The first kappa shape index (κ1) is 18.8. The second-order valence-electron chi connectivity index (χ2n) is 7.52. The molecule has 3 atom stereocenters. The fourth-order valence-corrected chi connectivity index (χ4v) is 4.31. The van der Waals surface area contributed by atoms with Crippen LogP contribution in [0.1, 0.15) is 18.5 Å². The summed E-state index contributed by atoms with van der Waals surface area (Å²) >= 11 is 0. The van der Waals surface area contributed by atoms with Crippen LogP contribution in [0.2, 0.25) is 0 Å². The Hall–Kier alpha value is -2.57. The van der Waals surface area contributed by atoms with Gasteiger partial charge in [0.1, 0.15) is 5.75 Å². The molecule has 0 bridgehead atoms. The maximum atomic E-state index is 13.4. The predicted molar refractivity (Wildman–Crippen MR) is 110 cm³/mol. The van der Waals surface area contributed by atoms with Crippen molar-refractivity contribution >= 4 is 11.6 Å². The Kier molecular flexibility index (Phi) is 5.50. The molecule has 2 N–H and O–H groups in total. The zero-order valence-corrected chi connectivity index (χ0v) is 16.5. The standard InChI is InChI=1S/C22H28N4O2/c1-16-15-25(19-10-6-7-11-20(19)28-2)12-13-26(16)22(27)18-14-23-24-21(18)17-8-4-3-5-9-17/h3-11,16,18,21,23-24H,12-15H2,1-2H3. The van der Waals surface area contributed by atoms with Crippen molar-refractivity contribution in [2.45, 2.75) is 19.0 Å². The van der Waals surface area contributed by atoms with Gasteiger partial charge in [0.15, 0.2) is 0 Å². The van der Waals surface area contributed by atoms with Gasteiger partial charge in [-0.15, -0.1) is 0 Å². The summed E-state index contributed by atoms with van der Waals surface area (Å²) in [7, 11) is 1.70. The van der Waals surface area contributed by atoms with Crippen molar-refractivity contribution in [1.82, 2.24) is 15.8 Å². The summed E-state index contributed by atoms with van der Waals surface area (Å²) in [4.78, 5) is 17.7. The maximum absolute atomic E-state index is 13.4. The largest absolute Gasteiger partial charge is 0.495 e. The predicted octanol–water partition coefficient (Wildman–Crippen LogP) is 2.20. The van der Waals surface area contributed by atoms with Crippen LogP contribution in [0.5, 0.6) is 5.75 Å². The summed E-state index contributed by atoms with van der Waals surface area (Å²) in [5, 5.41) is 0. The molecule has 2 aromatic carbocycles. The number of hydrazine groups is 1. The van der Waals surface area contributed by atoms with Crippen molar-refractivity contribution in [3.05, 3.63) is 60.2 Å². The molecule has 2 aliphatic heterocycles. The number of nitrogens with one attached hydrogen (secondary N) is 2. The molecular weight excluding hydrogens is 352 g/mol. The average molecular weight is 380 g/mol. The third-order valence-electron chi connectivity index (χ3n) is 5.79. The van der Waals surface area contributed by atoms with Crippen LogP contribution in [0.4, 0.5) is 5.69 Å². The lowest BCUT2D eigenvalue weighted by molar-refractivity contribution is -0.138. The lowest BCUT2D eigenvalue weighted by atomic mass is 9.93. The van der Waals surface area contributed by atoms with Gasteiger partial charge in [-0.2, -0.15) is 0 Å². The van der Waals surface area contributed by atoms with Gasteiger partial charge in [0.25, 0.3) is 0 Å². The Morgan fingerprint density at radius 2 is 1.82 bits per heavy atom. The minimum Gasteiger partial charge on any atom is -0.495 e. The lowest BCUT2D eigenvalue weighted by Gasteiger charge is -2.42. The molecule has 0 spiro atoms. The number of carbonyl (C=O) groups is 1. The molecule has 2 fully saturated rings. The number of piperazine rings is 1. The molecule has 0 saturated carbocycles. The number of anilines is 1. The van der Waals surface area contributed by atoms with Crippen LogP contribution in [-0.2, 0) is 4.79 Å². The SMILES string of the molecule is COc1ccccc1N1CCN(C(=O)C2CNNC2c2ccccc2)C(C)C1. The molecule has 6 nitrogen and oxygen atoms in total. The van der Waals surface area contributed by atoms with Gasteiger partial charge >= 0.3 is 0 Å². The molecule has 1 amide bonds. The Morgan fingerprint density at radius 1 is 1.07 bits per heavy atom. The molecule has 2 aromatic rings. The summed E-state index contributed by atoms with van der Waals surface area (Å²) in [6, 6.07) is 18.4. The highest BCUT2D eigenvalue weighted by Gasteiger charge is 2.39. The minimum absolute atomic E-state index is 0.00754. The first-order valence-corrected chi connectivity index (χ1v) is 9.91. The number of para-hydroxylation sites is 2. The van der Waals surface area contributed by atoms with E-state index in [4.69, 9.17) is 4.74 Å². The second kappa shape index (κ2) is 8.20. The molecular formula is C22H28N4O2. The van der Waals surface area contributed by atoms with E-state index >= 15 is 0 Å². The highest BCUT2D eigenvalue weighted by Crippen LogP contribution is 2.31. The normalized spacial score (nSPS) is 25.0. The van der Waals surface area contributed by atoms with Crippen LogP contribution in [0.25, 0.3) is 0 Å². The molecule has 4 rings (SSSR count). The zero-order valence-electron chi connectivity index (χ0n) is 16.5. The monoisotopic (exact) mass is 380 g/mol. The first-order chi connectivity index (χ1) is 13.7. The molecule has 2 saturated heterocycles. The number of benzene rings is 2. The summed E-state index contributed by atoms with van der Waals surface area (Å²) in [6.07, 6.45) is 0. The molecule has 3 unspecified atom stereocenters. The van der Waals surface area contributed by atoms with E-state index in [2.05, 4.69) is 40.9 Å². The van der Waals surface area contributed by atoms with E-state index in [1.165, 1.54) is 0 Å².